The highest BCUT2D eigenvalue weighted by atomic mass is 127. The van der Waals surface area contributed by atoms with E-state index in [0.717, 1.165) is 22.1 Å². The van der Waals surface area contributed by atoms with Gasteiger partial charge in [0.25, 0.3) is 0 Å². The third kappa shape index (κ3) is 4.31. The molecule has 1 amide bonds. The largest absolute Gasteiger partial charge is 0.325 e. The second-order valence-electron chi connectivity index (χ2n) is 4.43. The van der Waals surface area contributed by atoms with Crippen molar-refractivity contribution in [3.8, 4) is 0 Å². The van der Waals surface area contributed by atoms with E-state index in [-0.39, 0.29) is 5.91 Å². The molecule has 1 saturated heterocycles. The zero-order valence-electron chi connectivity index (χ0n) is 9.92. The molecule has 1 N–H and O–H groups in total. The Kier molecular flexibility index (Phi) is 5.63. The van der Waals surface area contributed by atoms with Gasteiger partial charge in [-0.05, 0) is 71.1 Å². The molecule has 0 spiro atoms. The molecule has 1 aromatic carbocycles. The van der Waals surface area contributed by atoms with Crippen LogP contribution in [0, 0.1) is 9.49 Å². The van der Waals surface area contributed by atoms with Gasteiger partial charge in [-0.1, -0.05) is 11.6 Å². The second-order valence-corrected chi connectivity index (χ2v) is 7.26. The van der Waals surface area contributed by atoms with Crippen LogP contribution in [0.25, 0.3) is 0 Å². The topological polar surface area (TPSA) is 29.1 Å². The van der Waals surface area contributed by atoms with E-state index in [4.69, 9.17) is 11.6 Å². The van der Waals surface area contributed by atoms with Crippen molar-refractivity contribution in [2.45, 2.75) is 19.3 Å². The number of rotatable bonds is 3. The average molecular weight is 396 g/mol. The summed E-state index contributed by atoms with van der Waals surface area (Å²) in [6.45, 7) is 0. The molecule has 0 aromatic heterocycles. The fourth-order valence-corrected chi connectivity index (χ4v) is 4.22. The van der Waals surface area contributed by atoms with E-state index < -0.39 is 0 Å². The van der Waals surface area contributed by atoms with Crippen molar-refractivity contribution >= 4 is 57.5 Å². The van der Waals surface area contributed by atoms with Crippen molar-refractivity contribution in [1.82, 2.24) is 0 Å². The van der Waals surface area contributed by atoms with Gasteiger partial charge in [-0.3, -0.25) is 4.79 Å². The minimum atomic E-state index is 0.118. The number of halogens is 2. The molecule has 2 rings (SSSR count). The summed E-state index contributed by atoms with van der Waals surface area (Å²) in [5.74, 6) is 3.05. The van der Waals surface area contributed by atoms with Crippen molar-refractivity contribution in [3.05, 3.63) is 26.8 Å². The standard InChI is InChI=1S/C13H15ClINOS/c14-10-1-2-12(11(15)8-10)16-13(17)7-9-3-5-18-6-4-9/h1-2,8-9H,3-7H2,(H,16,17). The Morgan fingerprint density at radius 2 is 2.17 bits per heavy atom. The molecule has 2 nitrogen and oxygen atoms in total. The number of amides is 1. The summed E-state index contributed by atoms with van der Waals surface area (Å²) < 4.78 is 0.979. The SMILES string of the molecule is O=C(CC1CCSCC1)Nc1ccc(Cl)cc1I. The Morgan fingerprint density at radius 3 is 2.83 bits per heavy atom. The van der Waals surface area contributed by atoms with Crippen molar-refractivity contribution in [1.29, 1.82) is 0 Å². The molecular weight excluding hydrogens is 381 g/mol. The summed E-state index contributed by atoms with van der Waals surface area (Å²) in [6, 6.07) is 5.52. The van der Waals surface area contributed by atoms with Gasteiger partial charge in [0.05, 0.1) is 5.69 Å². The van der Waals surface area contributed by atoms with Crippen LogP contribution in [0.4, 0.5) is 5.69 Å². The Balaban J connectivity index is 1.90. The lowest BCUT2D eigenvalue weighted by Gasteiger charge is -2.20. The first-order valence-corrected chi connectivity index (χ1v) is 8.59. The Morgan fingerprint density at radius 1 is 1.44 bits per heavy atom. The number of nitrogens with one attached hydrogen (secondary N) is 1. The van der Waals surface area contributed by atoms with Gasteiger partial charge < -0.3 is 5.32 Å². The first-order valence-electron chi connectivity index (χ1n) is 5.98. The van der Waals surface area contributed by atoms with Crippen molar-refractivity contribution in [2.24, 2.45) is 5.92 Å². The van der Waals surface area contributed by atoms with Crippen molar-refractivity contribution in [3.63, 3.8) is 0 Å². The van der Waals surface area contributed by atoms with Crippen molar-refractivity contribution in [2.75, 3.05) is 16.8 Å². The summed E-state index contributed by atoms with van der Waals surface area (Å²) >= 11 is 10.1. The van der Waals surface area contributed by atoms with Gasteiger partial charge in [-0.2, -0.15) is 11.8 Å². The number of hydrogen-bond acceptors (Lipinski definition) is 2. The molecule has 1 fully saturated rings. The Hall–Kier alpha value is 0.0600. The molecule has 1 heterocycles. The molecule has 0 radical (unpaired) electrons. The summed E-state index contributed by atoms with van der Waals surface area (Å²) in [7, 11) is 0. The number of carbonyl (C=O) groups excluding carboxylic acids is 1. The highest BCUT2D eigenvalue weighted by Crippen LogP contribution is 2.27. The summed E-state index contributed by atoms with van der Waals surface area (Å²) in [4.78, 5) is 12.0. The van der Waals surface area contributed by atoms with Gasteiger partial charge in [0.2, 0.25) is 5.91 Å². The molecule has 0 atom stereocenters. The van der Waals surface area contributed by atoms with Gasteiger partial charge >= 0.3 is 0 Å². The molecule has 98 valence electrons. The first kappa shape index (κ1) is 14.5. The third-order valence-electron chi connectivity index (χ3n) is 3.02. The van der Waals surface area contributed by atoms with Crippen LogP contribution in [0.1, 0.15) is 19.3 Å². The lowest BCUT2D eigenvalue weighted by molar-refractivity contribution is -0.117. The first-order chi connectivity index (χ1) is 8.65. The van der Waals surface area contributed by atoms with E-state index in [1.54, 1.807) is 6.07 Å². The summed E-state index contributed by atoms with van der Waals surface area (Å²) in [5.41, 5.74) is 0.857. The van der Waals surface area contributed by atoms with Gasteiger partial charge in [0.15, 0.2) is 0 Å². The monoisotopic (exact) mass is 395 g/mol. The second kappa shape index (κ2) is 7.01. The molecule has 0 saturated carbocycles. The van der Waals surface area contributed by atoms with Crippen LogP contribution in [-0.4, -0.2) is 17.4 Å². The molecule has 18 heavy (non-hydrogen) atoms. The molecule has 1 aromatic rings. The maximum Gasteiger partial charge on any atom is 0.224 e. The smallest absolute Gasteiger partial charge is 0.224 e. The van der Waals surface area contributed by atoms with E-state index in [9.17, 15) is 4.79 Å². The van der Waals surface area contributed by atoms with E-state index in [1.165, 1.54) is 11.5 Å². The number of carbonyl (C=O) groups is 1. The maximum atomic E-state index is 12.0. The number of thioether (sulfide) groups is 1. The predicted molar refractivity (Wildman–Crippen MR) is 87.5 cm³/mol. The minimum Gasteiger partial charge on any atom is -0.325 e. The van der Waals surface area contributed by atoms with Crippen LogP contribution >= 0.6 is 46.0 Å². The van der Waals surface area contributed by atoms with E-state index >= 15 is 0 Å². The van der Waals surface area contributed by atoms with Crippen LogP contribution in [0.2, 0.25) is 5.02 Å². The zero-order chi connectivity index (χ0) is 13.0. The number of anilines is 1. The predicted octanol–water partition coefficient (Wildman–Crippen LogP) is 4.42. The Labute approximate surface area is 130 Å². The van der Waals surface area contributed by atoms with Gasteiger partial charge in [-0.15, -0.1) is 0 Å². The molecule has 1 aliphatic rings. The third-order valence-corrected chi connectivity index (χ3v) is 5.20. The van der Waals surface area contributed by atoms with Crippen molar-refractivity contribution < 1.29 is 4.79 Å². The van der Waals surface area contributed by atoms with Crippen LogP contribution in [0.15, 0.2) is 18.2 Å². The molecular formula is C13H15ClINOS. The lowest BCUT2D eigenvalue weighted by atomic mass is 9.98. The highest BCUT2D eigenvalue weighted by molar-refractivity contribution is 14.1. The summed E-state index contributed by atoms with van der Waals surface area (Å²) in [6.07, 6.45) is 2.96. The fraction of sp³-hybridized carbons (Fsp3) is 0.462. The number of benzene rings is 1. The number of hydrogen-bond donors (Lipinski definition) is 1. The summed E-state index contributed by atoms with van der Waals surface area (Å²) in [5, 5.41) is 3.67. The zero-order valence-corrected chi connectivity index (χ0v) is 13.6. The lowest BCUT2D eigenvalue weighted by Crippen LogP contribution is -2.20. The van der Waals surface area contributed by atoms with Crippen LogP contribution in [0.5, 0.6) is 0 Å². The van der Waals surface area contributed by atoms with Crippen LogP contribution < -0.4 is 5.32 Å². The van der Waals surface area contributed by atoms with E-state index in [2.05, 4.69) is 27.9 Å². The molecule has 1 aliphatic heterocycles. The minimum absolute atomic E-state index is 0.118. The fourth-order valence-electron chi connectivity index (χ4n) is 2.00. The molecule has 5 heteroatoms. The quantitative estimate of drug-likeness (QED) is 0.768. The van der Waals surface area contributed by atoms with E-state index in [1.807, 2.05) is 23.9 Å². The van der Waals surface area contributed by atoms with E-state index in [0.29, 0.717) is 17.4 Å². The maximum absolute atomic E-state index is 12.0. The normalized spacial score (nSPS) is 16.6. The van der Waals surface area contributed by atoms with Crippen LogP contribution in [-0.2, 0) is 4.79 Å². The molecule has 0 unspecified atom stereocenters. The van der Waals surface area contributed by atoms with Gasteiger partial charge in [-0.25, -0.2) is 0 Å². The van der Waals surface area contributed by atoms with Gasteiger partial charge in [0.1, 0.15) is 0 Å². The Bertz CT molecular complexity index is 435. The average Bonchev–Trinajstić information content (AvgIpc) is 2.34. The molecule has 0 bridgehead atoms. The molecule has 0 aliphatic carbocycles. The highest BCUT2D eigenvalue weighted by Gasteiger charge is 2.17. The van der Waals surface area contributed by atoms with Crippen LogP contribution in [0.3, 0.4) is 0 Å². The van der Waals surface area contributed by atoms with Gasteiger partial charge in [0, 0.05) is 15.0 Å².